The van der Waals surface area contributed by atoms with Gasteiger partial charge in [-0.2, -0.15) is 0 Å². The lowest BCUT2D eigenvalue weighted by molar-refractivity contribution is 0.0948. The van der Waals surface area contributed by atoms with Crippen LogP contribution in [0.15, 0.2) is 0 Å². The summed E-state index contributed by atoms with van der Waals surface area (Å²) in [5, 5.41) is 3.78. The Morgan fingerprint density at radius 3 is 2.37 bits per heavy atom. The van der Waals surface area contributed by atoms with Crippen LogP contribution in [0, 0.1) is 11.8 Å². The summed E-state index contributed by atoms with van der Waals surface area (Å²) >= 11 is 0. The van der Waals surface area contributed by atoms with Crippen LogP contribution in [-0.2, 0) is 0 Å². The van der Waals surface area contributed by atoms with Crippen LogP contribution >= 0.6 is 0 Å². The van der Waals surface area contributed by atoms with Gasteiger partial charge in [-0.25, -0.2) is 0 Å². The third-order valence-electron chi connectivity index (χ3n) is 4.64. The fraction of sp³-hybridized carbons (Fsp3) is 1.00. The molecule has 0 amide bonds. The van der Waals surface area contributed by atoms with Gasteiger partial charge >= 0.3 is 0 Å². The second kappa shape index (κ2) is 8.97. The van der Waals surface area contributed by atoms with Gasteiger partial charge in [-0.3, -0.25) is 4.90 Å². The van der Waals surface area contributed by atoms with E-state index in [0.29, 0.717) is 6.04 Å². The molecule has 1 aliphatic rings. The van der Waals surface area contributed by atoms with Gasteiger partial charge in [-0.15, -0.1) is 0 Å². The molecule has 0 aromatic heterocycles. The molecule has 0 aromatic rings. The number of piperazine rings is 1. The Labute approximate surface area is 121 Å². The van der Waals surface area contributed by atoms with Crippen molar-refractivity contribution in [2.45, 2.75) is 78.8 Å². The maximum Gasteiger partial charge on any atom is 0.0221 e. The normalized spacial score (nSPS) is 25.4. The zero-order valence-corrected chi connectivity index (χ0v) is 13.9. The van der Waals surface area contributed by atoms with Gasteiger partial charge in [-0.05, 0) is 24.7 Å². The molecule has 0 aromatic carbocycles. The van der Waals surface area contributed by atoms with Crippen LogP contribution in [0.4, 0.5) is 0 Å². The lowest BCUT2D eigenvalue weighted by Crippen LogP contribution is -2.57. The number of nitrogens with zero attached hydrogens (tertiary/aromatic N) is 1. The molecular formula is C17H36N2. The second-order valence-electron chi connectivity index (χ2n) is 6.81. The second-order valence-corrected chi connectivity index (χ2v) is 6.81. The van der Waals surface area contributed by atoms with Crippen molar-refractivity contribution in [3.8, 4) is 0 Å². The van der Waals surface area contributed by atoms with Crippen LogP contribution in [0.25, 0.3) is 0 Å². The molecule has 2 atom stereocenters. The van der Waals surface area contributed by atoms with Crippen molar-refractivity contribution in [1.82, 2.24) is 10.2 Å². The highest BCUT2D eigenvalue weighted by atomic mass is 15.2. The molecule has 2 unspecified atom stereocenters. The Morgan fingerprint density at radius 1 is 1.16 bits per heavy atom. The third-order valence-corrected chi connectivity index (χ3v) is 4.64. The Hall–Kier alpha value is -0.0800. The van der Waals surface area contributed by atoms with Gasteiger partial charge in [0, 0.05) is 31.7 Å². The molecular weight excluding hydrogens is 232 g/mol. The monoisotopic (exact) mass is 268 g/mol. The molecule has 1 saturated heterocycles. The largest absolute Gasteiger partial charge is 0.311 e. The van der Waals surface area contributed by atoms with Gasteiger partial charge in [0.1, 0.15) is 0 Å². The van der Waals surface area contributed by atoms with Crippen molar-refractivity contribution in [3.05, 3.63) is 0 Å². The molecule has 1 rings (SSSR count). The van der Waals surface area contributed by atoms with Crippen LogP contribution < -0.4 is 5.32 Å². The van der Waals surface area contributed by atoms with Crippen LogP contribution in [0.1, 0.15) is 66.7 Å². The van der Waals surface area contributed by atoms with Crippen LogP contribution in [-0.4, -0.2) is 36.6 Å². The lowest BCUT2D eigenvalue weighted by atomic mass is 9.95. The number of hydrogen-bond donors (Lipinski definition) is 1. The highest BCUT2D eigenvalue weighted by Crippen LogP contribution is 2.20. The highest BCUT2D eigenvalue weighted by molar-refractivity contribution is 4.87. The van der Waals surface area contributed by atoms with Crippen LogP contribution in [0.5, 0.6) is 0 Å². The summed E-state index contributed by atoms with van der Waals surface area (Å²) in [6.45, 7) is 15.5. The summed E-state index contributed by atoms with van der Waals surface area (Å²) < 4.78 is 0. The quantitative estimate of drug-likeness (QED) is 0.718. The SMILES string of the molecule is CCCC1CNC(CC(C)C)CN1CC(CC)CC. The summed E-state index contributed by atoms with van der Waals surface area (Å²) in [4.78, 5) is 2.80. The molecule has 0 bridgehead atoms. The van der Waals surface area contributed by atoms with Crippen molar-refractivity contribution in [1.29, 1.82) is 0 Å². The van der Waals surface area contributed by atoms with E-state index in [9.17, 15) is 0 Å². The molecule has 1 heterocycles. The molecule has 0 aliphatic carbocycles. The molecule has 19 heavy (non-hydrogen) atoms. The summed E-state index contributed by atoms with van der Waals surface area (Å²) in [7, 11) is 0. The first-order valence-electron chi connectivity index (χ1n) is 8.57. The van der Waals surface area contributed by atoms with E-state index in [1.54, 1.807) is 0 Å². The average molecular weight is 268 g/mol. The molecule has 1 N–H and O–H groups in total. The minimum Gasteiger partial charge on any atom is -0.311 e. The zero-order valence-electron chi connectivity index (χ0n) is 13.9. The van der Waals surface area contributed by atoms with E-state index in [1.807, 2.05) is 0 Å². The first-order chi connectivity index (χ1) is 9.10. The van der Waals surface area contributed by atoms with E-state index >= 15 is 0 Å². The minimum atomic E-state index is 0.711. The van der Waals surface area contributed by atoms with Crippen LogP contribution in [0.2, 0.25) is 0 Å². The van der Waals surface area contributed by atoms with E-state index < -0.39 is 0 Å². The Bertz CT molecular complexity index is 223. The van der Waals surface area contributed by atoms with Gasteiger partial charge in [-0.1, -0.05) is 53.9 Å². The molecule has 0 saturated carbocycles. The van der Waals surface area contributed by atoms with Gasteiger partial charge in [0.05, 0.1) is 0 Å². The molecule has 1 aliphatic heterocycles. The molecule has 1 fully saturated rings. The molecule has 2 heteroatoms. The predicted octanol–water partition coefficient (Wildman–Crippen LogP) is 3.91. The van der Waals surface area contributed by atoms with E-state index in [1.165, 1.54) is 51.7 Å². The van der Waals surface area contributed by atoms with Gasteiger partial charge in [0.25, 0.3) is 0 Å². The maximum absolute atomic E-state index is 3.78. The van der Waals surface area contributed by atoms with Crippen molar-refractivity contribution in [2.24, 2.45) is 11.8 Å². The maximum atomic E-state index is 3.78. The van der Waals surface area contributed by atoms with Crippen molar-refractivity contribution >= 4 is 0 Å². The van der Waals surface area contributed by atoms with Gasteiger partial charge in [0.15, 0.2) is 0 Å². The third kappa shape index (κ3) is 5.83. The van der Waals surface area contributed by atoms with E-state index in [0.717, 1.165) is 17.9 Å². The topological polar surface area (TPSA) is 15.3 Å². The van der Waals surface area contributed by atoms with Crippen molar-refractivity contribution in [2.75, 3.05) is 19.6 Å². The average Bonchev–Trinajstić information content (AvgIpc) is 2.38. The van der Waals surface area contributed by atoms with E-state index in [2.05, 4.69) is 44.8 Å². The van der Waals surface area contributed by atoms with Crippen LogP contribution in [0.3, 0.4) is 0 Å². The smallest absolute Gasteiger partial charge is 0.0221 e. The summed E-state index contributed by atoms with van der Waals surface area (Å²) in [5.41, 5.74) is 0. The number of nitrogens with one attached hydrogen (secondary N) is 1. The molecule has 114 valence electrons. The number of hydrogen-bond acceptors (Lipinski definition) is 2. The molecule has 0 radical (unpaired) electrons. The zero-order chi connectivity index (χ0) is 14.3. The molecule has 0 spiro atoms. The fourth-order valence-electron chi connectivity index (χ4n) is 3.38. The van der Waals surface area contributed by atoms with Crippen molar-refractivity contribution in [3.63, 3.8) is 0 Å². The van der Waals surface area contributed by atoms with E-state index in [4.69, 9.17) is 0 Å². The summed E-state index contributed by atoms with van der Waals surface area (Å²) in [6.07, 6.45) is 6.63. The summed E-state index contributed by atoms with van der Waals surface area (Å²) in [6, 6.07) is 1.48. The predicted molar refractivity (Wildman–Crippen MR) is 85.6 cm³/mol. The lowest BCUT2D eigenvalue weighted by Gasteiger charge is -2.42. The standard InChI is InChI=1S/C17H36N2/c1-6-9-17-11-18-16(10-14(4)5)13-19(17)12-15(7-2)8-3/h14-18H,6-13H2,1-5H3. The first-order valence-corrected chi connectivity index (χ1v) is 8.57. The Balaban J connectivity index is 2.56. The van der Waals surface area contributed by atoms with E-state index in [-0.39, 0.29) is 0 Å². The summed E-state index contributed by atoms with van der Waals surface area (Å²) in [5.74, 6) is 1.69. The van der Waals surface area contributed by atoms with Gasteiger partial charge < -0.3 is 5.32 Å². The Morgan fingerprint density at radius 2 is 1.84 bits per heavy atom. The van der Waals surface area contributed by atoms with Gasteiger partial charge in [0.2, 0.25) is 0 Å². The minimum absolute atomic E-state index is 0.711. The first kappa shape index (κ1) is 17.0. The fourth-order valence-corrected chi connectivity index (χ4v) is 3.38. The van der Waals surface area contributed by atoms with Crippen molar-refractivity contribution < 1.29 is 0 Å². The highest BCUT2D eigenvalue weighted by Gasteiger charge is 2.28. The Kier molecular flexibility index (Phi) is 8.01. The molecule has 2 nitrogen and oxygen atoms in total. The number of rotatable bonds is 8.